The lowest BCUT2D eigenvalue weighted by atomic mass is 10.1. The number of nitrogens with one attached hydrogen (secondary N) is 2. The Labute approximate surface area is 96.0 Å². The maximum absolute atomic E-state index is 11.9. The smallest absolute Gasteiger partial charge is 0.373 e. The second kappa shape index (κ2) is 4.27. The summed E-state index contributed by atoms with van der Waals surface area (Å²) >= 11 is 0. The van der Waals surface area contributed by atoms with Crippen LogP contribution in [0.4, 0.5) is 18.9 Å². The summed E-state index contributed by atoms with van der Waals surface area (Å²) in [7, 11) is 0. The van der Waals surface area contributed by atoms with Crippen LogP contribution in [0, 0.1) is 0 Å². The monoisotopic (exact) mass is 244 g/mol. The topological polar surface area (TPSA) is 41.1 Å². The van der Waals surface area contributed by atoms with Gasteiger partial charge in [0.25, 0.3) is 0 Å². The standard InChI is InChI=1S/C11H11F3N2O/c12-11(13,14)6-15-10(17)9-5-7-3-1-2-4-8(7)16-9/h1-4,9,16H,5-6H2,(H,15,17). The van der Waals surface area contributed by atoms with Gasteiger partial charge in [0.15, 0.2) is 0 Å². The Kier molecular flexibility index (Phi) is 2.95. The van der Waals surface area contributed by atoms with E-state index >= 15 is 0 Å². The molecule has 1 aromatic rings. The molecule has 2 rings (SSSR count). The molecule has 0 spiro atoms. The van der Waals surface area contributed by atoms with Crippen molar-refractivity contribution in [3.63, 3.8) is 0 Å². The van der Waals surface area contributed by atoms with Crippen molar-refractivity contribution in [3.05, 3.63) is 29.8 Å². The van der Waals surface area contributed by atoms with Gasteiger partial charge >= 0.3 is 6.18 Å². The molecular formula is C11H11F3N2O. The van der Waals surface area contributed by atoms with Gasteiger partial charge in [0.05, 0.1) is 0 Å². The molecule has 2 N–H and O–H groups in total. The zero-order chi connectivity index (χ0) is 12.5. The van der Waals surface area contributed by atoms with Gasteiger partial charge in [-0.1, -0.05) is 18.2 Å². The minimum Gasteiger partial charge on any atom is -0.373 e. The Hall–Kier alpha value is -1.72. The minimum absolute atomic E-state index is 0.417. The summed E-state index contributed by atoms with van der Waals surface area (Å²) in [6.07, 6.45) is -3.96. The summed E-state index contributed by atoms with van der Waals surface area (Å²) in [5.41, 5.74) is 1.75. The highest BCUT2D eigenvalue weighted by molar-refractivity contribution is 5.87. The van der Waals surface area contributed by atoms with E-state index < -0.39 is 24.7 Å². The molecule has 0 bridgehead atoms. The van der Waals surface area contributed by atoms with Gasteiger partial charge in [-0.2, -0.15) is 13.2 Å². The molecule has 1 amide bonds. The van der Waals surface area contributed by atoms with Crippen LogP contribution in [0.15, 0.2) is 24.3 Å². The lowest BCUT2D eigenvalue weighted by molar-refractivity contribution is -0.138. The Bertz CT molecular complexity index is 406. The number of amides is 1. The third kappa shape index (κ3) is 2.89. The Morgan fingerprint density at radius 3 is 2.76 bits per heavy atom. The number of benzene rings is 1. The van der Waals surface area contributed by atoms with Crippen LogP contribution in [0.3, 0.4) is 0 Å². The van der Waals surface area contributed by atoms with Gasteiger partial charge in [-0.15, -0.1) is 0 Å². The van der Waals surface area contributed by atoms with Crippen molar-refractivity contribution in [2.24, 2.45) is 0 Å². The molecule has 0 aliphatic carbocycles. The number of hydrogen-bond donors (Lipinski definition) is 2. The Morgan fingerprint density at radius 1 is 1.41 bits per heavy atom. The van der Waals surface area contributed by atoms with E-state index in [1.807, 2.05) is 23.5 Å². The third-order valence-electron chi connectivity index (χ3n) is 2.55. The Morgan fingerprint density at radius 2 is 2.12 bits per heavy atom. The molecule has 6 heteroatoms. The molecule has 1 aromatic carbocycles. The molecule has 1 aliphatic heterocycles. The minimum atomic E-state index is -4.37. The zero-order valence-corrected chi connectivity index (χ0v) is 8.84. The summed E-state index contributed by atoms with van der Waals surface area (Å²) in [4.78, 5) is 11.5. The first-order valence-electron chi connectivity index (χ1n) is 5.14. The second-order valence-electron chi connectivity index (χ2n) is 3.89. The number of carbonyl (C=O) groups excluding carboxylic acids is 1. The highest BCUT2D eigenvalue weighted by Crippen LogP contribution is 2.25. The first-order valence-corrected chi connectivity index (χ1v) is 5.14. The van der Waals surface area contributed by atoms with Crippen LogP contribution in [-0.4, -0.2) is 24.7 Å². The fourth-order valence-corrected chi connectivity index (χ4v) is 1.77. The summed E-state index contributed by atoms with van der Waals surface area (Å²) < 4.78 is 35.8. The van der Waals surface area contributed by atoms with Gasteiger partial charge in [-0.25, -0.2) is 0 Å². The van der Waals surface area contributed by atoms with Crippen molar-refractivity contribution >= 4 is 11.6 Å². The molecule has 0 radical (unpaired) electrons. The molecular weight excluding hydrogens is 233 g/mol. The first-order chi connectivity index (χ1) is 7.96. The number of carbonyl (C=O) groups is 1. The van der Waals surface area contributed by atoms with E-state index in [0.29, 0.717) is 6.42 Å². The van der Waals surface area contributed by atoms with Gasteiger partial charge in [-0.3, -0.25) is 4.79 Å². The SMILES string of the molecule is O=C(NCC(F)(F)F)C1Cc2ccccc2N1. The predicted molar refractivity (Wildman–Crippen MR) is 56.6 cm³/mol. The van der Waals surface area contributed by atoms with E-state index in [9.17, 15) is 18.0 Å². The van der Waals surface area contributed by atoms with Crippen molar-refractivity contribution in [2.75, 3.05) is 11.9 Å². The molecule has 1 heterocycles. The molecule has 17 heavy (non-hydrogen) atoms. The maximum Gasteiger partial charge on any atom is 0.405 e. The molecule has 0 fully saturated rings. The van der Waals surface area contributed by atoms with E-state index in [1.54, 1.807) is 6.07 Å². The van der Waals surface area contributed by atoms with Crippen LogP contribution in [0.1, 0.15) is 5.56 Å². The molecule has 1 aliphatic rings. The third-order valence-corrected chi connectivity index (χ3v) is 2.55. The maximum atomic E-state index is 11.9. The van der Waals surface area contributed by atoms with Crippen molar-refractivity contribution < 1.29 is 18.0 Å². The molecule has 92 valence electrons. The number of rotatable bonds is 2. The molecule has 0 saturated carbocycles. The molecule has 0 saturated heterocycles. The molecule has 1 unspecified atom stereocenters. The summed E-state index contributed by atoms with van der Waals surface area (Å²) in [6.45, 7) is -1.29. The van der Waals surface area contributed by atoms with E-state index in [0.717, 1.165) is 11.3 Å². The van der Waals surface area contributed by atoms with Crippen LogP contribution >= 0.6 is 0 Å². The van der Waals surface area contributed by atoms with Gasteiger partial charge in [0, 0.05) is 12.1 Å². The molecule has 0 aromatic heterocycles. The molecule has 1 atom stereocenters. The number of fused-ring (bicyclic) bond motifs is 1. The van der Waals surface area contributed by atoms with Gasteiger partial charge in [0.2, 0.25) is 5.91 Å². The highest BCUT2D eigenvalue weighted by atomic mass is 19.4. The Balaban J connectivity index is 1.92. The number of para-hydroxylation sites is 1. The van der Waals surface area contributed by atoms with Crippen LogP contribution in [0.25, 0.3) is 0 Å². The van der Waals surface area contributed by atoms with E-state index in [4.69, 9.17) is 0 Å². The van der Waals surface area contributed by atoms with E-state index in [1.165, 1.54) is 0 Å². The number of alkyl halides is 3. The summed E-state index contributed by atoms with van der Waals surface area (Å²) in [6, 6.07) is 6.67. The average Bonchev–Trinajstić information content (AvgIpc) is 2.68. The fraction of sp³-hybridized carbons (Fsp3) is 0.364. The van der Waals surface area contributed by atoms with Crippen LogP contribution in [0.5, 0.6) is 0 Å². The highest BCUT2D eigenvalue weighted by Gasteiger charge is 2.31. The molecule has 3 nitrogen and oxygen atoms in total. The first kappa shape index (κ1) is 11.8. The van der Waals surface area contributed by atoms with Gasteiger partial charge in [-0.05, 0) is 11.6 Å². The summed E-state index contributed by atoms with van der Waals surface area (Å²) in [5, 5.41) is 4.76. The number of hydrogen-bond acceptors (Lipinski definition) is 2. The number of halogens is 3. The van der Waals surface area contributed by atoms with Gasteiger partial charge < -0.3 is 10.6 Å². The summed E-state index contributed by atoms with van der Waals surface area (Å²) in [5.74, 6) is -0.626. The quantitative estimate of drug-likeness (QED) is 0.831. The fourth-order valence-electron chi connectivity index (χ4n) is 1.77. The van der Waals surface area contributed by atoms with Gasteiger partial charge in [0.1, 0.15) is 12.6 Å². The van der Waals surface area contributed by atoms with Crippen LogP contribution in [0.2, 0.25) is 0 Å². The average molecular weight is 244 g/mol. The van der Waals surface area contributed by atoms with Crippen molar-refractivity contribution in [3.8, 4) is 0 Å². The van der Waals surface area contributed by atoms with Crippen LogP contribution in [-0.2, 0) is 11.2 Å². The lowest BCUT2D eigenvalue weighted by Gasteiger charge is -2.13. The predicted octanol–water partition coefficient (Wildman–Crippen LogP) is 1.70. The number of anilines is 1. The van der Waals surface area contributed by atoms with E-state index in [2.05, 4.69) is 5.32 Å². The van der Waals surface area contributed by atoms with Crippen molar-refractivity contribution in [1.82, 2.24) is 5.32 Å². The normalized spacial score (nSPS) is 18.4. The zero-order valence-electron chi connectivity index (χ0n) is 8.84. The van der Waals surface area contributed by atoms with Crippen molar-refractivity contribution in [1.29, 1.82) is 0 Å². The van der Waals surface area contributed by atoms with E-state index in [-0.39, 0.29) is 0 Å². The second-order valence-corrected chi connectivity index (χ2v) is 3.89. The van der Waals surface area contributed by atoms with Crippen LogP contribution < -0.4 is 10.6 Å². The lowest BCUT2D eigenvalue weighted by Crippen LogP contribution is -2.42. The van der Waals surface area contributed by atoms with Crippen molar-refractivity contribution in [2.45, 2.75) is 18.6 Å². The largest absolute Gasteiger partial charge is 0.405 e.